The number of benzene rings is 2. The number of halogens is 3. The molecule has 0 fully saturated rings. The highest BCUT2D eigenvalue weighted by molar-refractivity contribution is 5.99. The number of ether oxygens (including phenoxy) is 1. The van der Waals surface area contributed by atoms with Crippen LogP contribution in [0.4, 0.5) is 13.2 Å². The molecule has 0 aliphatic heterocycles. The van der Waals surface area contributed by atoms with Gasteiger partial charge in [0.15, 0.2) is 0 Å². The Kier molecular flexibility index (Phi) is 6.47. The van der Waals surface area contributed by atoms with Crippen LogP contribution in [0.25, 0.3) is 22.2 Å². The third-order valence-electron chi connectivity index (χ3n) is 5.36. The molecule has 2 N–H and O–H groups in total. The lowest BCUT2D eigenvalue weighted by atomic mass is 10.0. The van der Waals surface area contributed by atoms with E-state index in [1.807, 2.05) is 0 Å². The van der Waals surface area contributed by atoms with E-state index in [1.54, 1.807) is 48.8 Å². The van der Waals surface area contributed by atoms with E-state index in [2.05, 4.69) is 15.3 Å². The number of hydrogen-bond donors (Lipinski definition) is 2. The van der Waals surface area contributed by atoms with Crippen LogP contribution in [0.3, 0.4) is 0 Å². The van der Waals surface area contributed by atoms with Gasteiger partial charge in [-0.25, -0.2) is 4.98 Å². The highest BCUT2D eigenvalue weighted by Crippen LogP contribution is 2.33. The summed E-state index contributed by atoms with van der Waals surface area (Å²) in [5.41, 5.74) is 1.57. The van der Waals surface area contributed by atoms with Gasteiger partial charge in [0.2, 0.25) is 0 Å². The third-order valence-corrected chi connectivity index (χ3v) is 5.36. The van der Waals surface area contributed by atoms with Crippen molar-refractivity contribution in [1.82, 2.24) is 15.3 Å². The van der Waals surface area contributed by atoms with Crippen LogP contribution in [-0.4, -0.2) is 34.7 Å². The van der Waals surface area contributed by atoms with Crippen molar-refractivity contribution in [3.05, 3.63) is 89.7 Å². The van der Waals surface area contributed by atoms with Crippen LogP contribution in [0.2, 0.25) is 0 Å². The fourth-order valence-corrected chi connectivity index (χ4v) is 3.56. The molecule has 0 aliphatic rings. The van der Waals surface area contributed by atoms with E-state index in [1.165, 1.54) is 19.2 Å². The van der Waals surface area contributed by atoms with Crippen LogP contribution < -0.4 is 10.1 Å². The van der Waals surface area contributed by atoms with Gasteiger partial charge in [-0.1, -0.05) is 12.1 Å². The first-order chi connectivity index (χ1) is 16.3. The zero-order valence-electron chi connectivity index (χ0n) is 18.0. The van der Waals surface area contributed by atoms with E-state index >= 15 is 0 Å². The molecule has 0 radical (unpaired) electrons. The molecule has 0 spiro atoms. The molecule has 2 aromatic heterocycles. The molecule has 1 amide bonds. The Hall–Kier alpha value is -3.98. The second-order valence-corrected chi connectivity index (χ2v) is 7.51. The largest absolute Gasteiger partial charge is 0.496 e. The molecular formula is C25H20F3N3O3. The summed E-state index contributed by atoms with van der Waals surface area (Å²) >= 11 is 0. The van der Waals surface area contributed by atoms with Gasteiger partial charge in [0.05, 0.1) is 36.5 Å². The van der Waals surface area contributed by atoms with Gasteiger partial charge < -0.3 is 15.2 Å². The molecule has 9 heteroatoms. The van der Waals surface area contributed by atoms with Crippen molar-refractivity contribution in [3.8, 4) is 17.0 Å². The van der Waals surface area contributed by atoms with Crippen molar-refractivity contribution in [2.45, 2.75) is 12.2 Å². The van der Waals surface area contributed by atoms with Gasteiger partial charge >= 0.3 is 6.18 Å². The summed E-state index contributed by atoms with van der Waals surface area (Å²) in [4.78, 5) is 21.3. The molecule has 34 heavy (non-hydrogen) atoms. The number of carbonyl (C=O) groups is 1. The number of aliphatic hydroxyl groups is 1. The van der Waals surface area contributed by atoms with Crippen molar-refractivity contribution in [2.24, 2.45) is 0 Å². The van der Waals surface area contributed by atoms with Gasteiger partial charge in [-0.05, 0) is 48.0 Å². The normalized spacial score (nSPS) is 12.4. The molecule has 2 heterocycles. The SMILES string of the molecule is COc1cc(-c2ccc(C(F)(F)F)cc2)nc2cc(C(=O)NC(CO)c3ccncc3)ccc12. The number of alkyl halides is 3. The van der Waals surface area contributed by atoms with Crippen molar-refractivity contribution in [3.63, 3.8) is 0 Å². The lowest BCUT2D eigenvalue weighted by Crippen LogP contribution is -2.30. The zero-order chi connectivity index (χ0) is 24.3. The number of pyridine rings is 2. The maximum Gasteiger partial charge on any atom is 0.416 e. The average Bonchev–Trinajstić information content (AvgIpc) is 2.86. The number of aliphatic hydroxyl groups excluding tert-OH is 1. The van der Waals surface area contributed by atoms with Gasteiger partial charge in [-0.15, -0.1) is 0 Å². The number of methoxy groups -OCH3 is 1. The second kappa shape index (κ2) is 9.48. The molecule has 1 atom stereocenters. The highest BCUT2D eigenvalue weighted by Gasteiger charge is 2.30. The van der Waals surface area contributed by atoms with Crippen LogP contribution >= 0.6 is 0 Å². The second-order valence-electron chi connectivity index (χ2n) is 7.51. The minimum atomic E-state index is -4.43. The van der Waals surface area contributed by atoms with E-state index in [0.717, 1.165) is 12.1 Å². The van der Waals surface area contributed by atoms with Gasteiger partial charge in [0, 0.05) is 35.0 Å². The first-order valence-corrected chi connectivity index (χ1v) is 10.3. The Morgan fingerprint density at radius 3 is 2.38 bits per heavy atom. The number of nitrogens with zero attached hydrogens (tertiary/aromatic N) is 2. The lowest BCUT2D eigenvalue weighted by Gasteiger charge is -2.17. The summed E-state index contributed by atoms with van der Waals surface area (Å²) in [5, 5.41) is 13.1. The fraction of sp³-hybridized carbons (Fsp3) is 0.160. The van der Waals surface area contributed by atoms with Gasteiger partial charge in [-0.2, -0.15) is 13.2 Å². The quantitative estimate of drug-likeness (QED) is 0.426. The van der Waals surface area contributed by atoms with Crippen LogP contribution in [0.1, 0.15) is 27.5 Å². The van der Waals surface area contributed by atoms with Crippen molar-refractivity contribution < 1.29 is 27.8 Å². The molecule has 0 saturated heterocycles. The van der Waals surface area contributed by atoms with Crippen molar-refractivity contribution in [2.75, 3.05) is 13.7 Å². The van der Waals surface area contributed by atoms with E-state index in [0.29, 0.717) is 39.0 Å². The first-order valence-electron chi connectivity index (χ1n) is 10.3. The van der Waals surface area contributed by atoms with Crippen LogP contribution in [0, 0.1) is 0 Å². The Morgan fingerprint density at radius 2 is 1.76 bits per heavy atom. The van der Waals surface area contributed by atoms with Crippen LogP contribution in [-0.2, 0) is 6.18 Å². The molecule has 0 saturated carbocycles. The predicted molar refractivity (Wildman–Crippen MR) is 120 cm³/mol. The van der Waals surface area contributed by atoms with Crippen molar-refractivity contribution in [1.29, 1.82) is 0 Å². The number of rotatable bonds is 6. The lowest BCUT2D eigenvalue weighted by molar-refractivity contribution is -0.137. The number of fused-ring (bicyclic) bond motifs is 1. The third kappa shape index (κ3) is 4.84. The smallest absolute Gasteiger partial charge is 0.416 e. The number of amides is 1. The number of nitrogens with one attached hydrogen (secondary N) is 1. The maximum absolute atomic E-state index is 12.9. The van der Waals surface area contributed by atoms with E-state index in [4.69, 9.17) is 4.74 Å². The monoisotopic (exact) mass is 467 g/mol. The number of hydrogen-bond acceptors (Lipinski definition) is 5. The minimum Gasteiger partial charge on any atom is -0.496 e. The first kappa shape index (κ1) is 23.2. The summed E-state index contributed by atoms with van der Waals surface area (Å²) < 4.78 is 44.2. The molecular weight excluding hydrogens is 447 g/mol. The standard InChI is InChI=1S/C25H20F3N3O3/c1-34-23-13-20(15-2-5-18(6-3-15)25(26,27)28)30-21-12-17(4-7-19(21)23)24(33)31-22(14-32)16-8-10-29-11-9-16/h2-13,22,32H,14H2,1H3,(H,31,33). The van der Waals surface area contributed by atoms with Gasteiger partial charge in [0.25, 0.3) is 5.91 Å². The number of aromatic nitrogens is 2. The van der Waals surface area contributed by atoms with Gasteiger partial charge in [0.1, 0.15) is 5.75 Å². The Morgan fingerprint density at radius 1 is 1.06 bits per heavy atom. The van der Waals surface area contributed by atoms with Gasteiger partial charge in [-0.3, -0.25) is 9.78 Å². The number of carbonyl (C=O) groups excluding carboxylic acids is 1. The van der Waals surface area contributed by atoms with E-state index in [9.17, 15) is 23.1 Å². The summed E-state index contributed by atoms with van der Waals surface area (Å²) in [6.07, 6.45) is -1.30. The van der Waals surface area contributed by atoms with Crippen molar-refractivity contribution >= 4 is 16.8 Å². The summed E-state index contributed by atoms with van der Waals surface area (Å²) in [5.74, 6) is 0.0512. The molecule has 2 aromatic carbocycles. The minimum absolute atomic E-state index is 0.298. The fourth-order valence-electron chi connectivity index (χ4n) is 3.56. The Bertz CT molecular complexity index is 1310. The molecule has 4 aromatic rings. The molecule has 174 valence electrons. The Labute approximate surface area is 193 Å². The molecule has 6 nitrogen and oxygen atoms in total. The average molecular weight is 467 g/mol. The Balaban J connectivity index is 1.68. The van der Waals surface area contributed by atoms with Crippen LogP contribution in [0.15, 0.2) is 73.1 Å². The van der Waals surface area contributed by atoms with Crippen LogP contribution in [0.5, 0.6) is 5.75 Å². The molecule has 0 aliphatic carbocycles. The molecule has 1 unspecified atom stereocenters. The molecule has 0 bridgehead atoms. The maximum atomic E-state index is 12.9. The van der Waals surface area contributed by atoms with E-state index < -0.39 is 23.7 Å². The summed E-state index contributed by atoms with van der Waals surface area (Å²) in [6, 6.07) is 13.9. The zero-order valence-corrected chi connectivity index (χ0v) is 18.0. The summed E-state index contributed by atoms with van der Waals surface area (Å²) in [6.45, 7) is -0.298. The predicted octanol–water partition coefficient (Wildman–Crippen LogP) is 4.79. The van der Waals surface area contributed by atoms with E-state index in [-0.39, 0.29) is 6.61 Å². The highest BCUT2D eigenvalue weighted by atomic mass is 19.4. The topological polar surface area (TPSA) is 84.3 Å². The summed E-state index contributed by atoms with van der Waals surface area (Å²) in [7, 11) is 1.48. The molecule has 4 rings (SSSR count).